The van der Waals surface area contributed by atoms with E-state index < -0.39 is 0 Å². The summed E-state index contributed by atoms with van der Waals surface area (Å²) in [6.45, 7) is 10.4. The van der Waals surface area contributed by atoms with Gasteiger partial charge in [0.05, 0.1) is 26.4 Å². The van der Waals surface area contributed by atoms with Crippen LogP contribution in [-0.2, 0) is 22.7 Å². The molecular weight excluding hydrogens is 328 g/mol. The standard InChI is InChI=1S/C22H26O2S/c1-3-19-5-9-21(10-6-19)17-23-13-15-25-16-14-24-18-22-11-7-20(4-2)8-12-22/h3-12H,1-2,13-18H2. The van der Waals surface area contributed by atoms with Gasteiger partial charge in [0.1, 0.15) is 0 Å². The van der Waals surface area contributed by atoms with E-state index in [-0.39, 0.29) is 0 Å². The first-order chi connectivity index (χ1) is 12.3. The highest BCUT2D eigenvalue weighted by molar-refractivity contribution is 7.99. The maximum absolute atomic E-state index is 5.70. The lowest BCUT2D eigenvalue weighted by Gasteiger charge is -2.06. The van der Waals surface area contributed by atoms with Crippen molar-refractivity contribution >= 4 is 23.9 Å². The topological polar surface area (TPSA) is 18.5 Å². The van der Waals surface area contributed by atoms with E-state index in [2.05, 4.69) is 61.7 Å². The number of thioether (sulfide) groups is 1. The van der Waals surface area contributed by atoms with E-state index in [1.165, 1.54) is 11.1 Å². The fraction of sp³-hybridized carbons (Fsp3) is 0.273. The first-order valence-electron chi connectivity index (χ1n) is 8.48. The number of benzene rings is 2. The van der Waals surface area contributed by atoms with Gasteiger partial charge in [0.25, 0.3) is 0 Å². The first-order valence-corrected chi connectivity index (χ1v) is 9.63. The molecule has 0 saturated carbocycles. The van der Waals surface area contributed by atoms with Gasteiger partial charge in [0, 0.05) is 11.5 Å². The Bertz CT molecular complexity index is 575. The Morgan fingerprint density at radius 3 is 1.44 bits per heavy atom. The average molecular weight is 355 g/mol. The van der Waals surface area contributed by atoms with Crippen molar-refractivity contribution < 1.29 is 9.47 Å². The molecule has 0 aliphatic carbocycles. The summed E-state index contributed by atoms with van der Waals surface area (Å²) < 4.78 is 11.4. The quantitative estimate of drug-likeness (QED) is 0.473. The van der Waals surface area contributed by atoms with Gasteiger partial charge in [-0.05, 0) is 22.3 Å². The molecule has 0 atom stereocenters. The molecule has 132 valence electrons. The zero-order chi connectivity index (χ0) is 17.7. The van der Waals surface area contributed by atoms with Gasteiger partial charge in [-0.1, -0.05) is 73.8 Å². The molecule has 2 nitrogen and oxygen atoms in total. The molecule has 0 fully saturated rings. The van der Waals surface area contributed by atoms with E-state index in [4.69, 9.17) is 9.47 Å². The zero-order valence-corrected chi connectivity index (χ0v) is 15.5. The summed E-state index contributed by atoms with van der Waals surface area (Å²) in [7, 11) is 0. The summed E-state index contributed by atoms with van der Waals surface area (Å²) in [6, 6.07) is 16.6. The minimum absolute atomic E-state index is 0.662. The van der Waals surface area contributed by atoms with Crippen molar-refractivity contribution in [2.45, 2.75) is 13.2 Å². The summed E-state index contributed by atoms with van der Waals surface area (Å²) in [5.41, 5.74) is 4.66. The number of ether oxygens (including phenoxy) is 2. The summed E-state index contributed by atoms with van der Waals surface area (Å²) >= 11 is 1.86. The number of rotatable bonds is 12. The summed E-state index contributed by atoms with van der Waals surface area (Å²) in [6.07, 6.45) is 3.69. The third-order valence-corrected chi connectivity index (χ3v) is 4.62. The van der Waals surface area contributed by atoms with Crippen molar-refractivity contribution in [2.75, 3.05) is 24.7 Å². The van der Waals surface area contributed by atoms with E-state index >= 15 is 0 Å². The normalized spacial score (nSPS) is 10.6. The molecule has 25 heavy (non-hydrogen) atoms. The molecular formula is C22H26O2S. The minimum Gasteiger partial charge on any atom is -0.376 e. The van der Waals surface area contributed by atoms with Crippen LogP contribution in [0.15, 0.2) is 61.7 Å². The largest absolute Gasteiger partial charge is 0.376 e. The Labute approximate surface area is 155 Å². The second-order valence-corrected chi connectivity index (χ2v) is 6.83. The van der Waals surface area contributed by atoms with Gasteiger partial charge in [-0.3, -0.25) is 0 Å². The third-order valence-electron chi connectivity index (χ3n) is 3.71. The van der Waals surface area contributed by atoms with Gasteiger partial charge in [-0.15, -0.1) is 0 Å². The Morgan fingerprint density at radius 1 is 0.680 bits per heavy atom. The lowest BCUT2D eigenvalue weighted by atomic mass is 10.1. The lowest BCUT2D eigenvalue weighted by Crippen LogP contribution is -2.02. The number of hydrogen-bond donors (Lipinski definition) is 0. The molecule has 0 bridgehead atoms. The van der Waals surface area contributed by atoms with Gasteiger partial charge < -0.3 is 9.47 Å². The van der Waals surface area contributed by atoms with Crippen LogP contribution in [-0.4, -0.2) is 24.7 Å². The molecule has 0 spiro atoms. The van der Waals surface area contributed by atoms with E-state index in [1.54, 1.807) is 0 Å². The van der Waals surface area contributed by atoms with Gasteiger partial charge in [-0.2, -0.15) is 11.8 Å². The predicted octanol–water partition coefficient (Wildman–Crippen LogP) is 5.44. The maximum Gasteiger partial charge on any atom is 0.0717 e. The van der Waals surface area contributed by atoms with Gasteiger partial charge >= 0.3 is 0 Å². The molecule has 0 aliphatic rings. The van der Waals surface area contributed by atoms with Crippen molar-refractivity contribution in [3.05, 3.63) is 83.9 Å². The Kier molecular flexibility index (Phi) is 9.13. The second-order valence-electron chi connectivity index (χ2n) is 5.61. The monoisotopic (exact) mass is 354 g/mol. The van der Waals surface area contributed by atoms with Gasteiger partial charge in [-0.25, -0.2) is 0 Å². The van der Waals surface area contributed by atoms with E-state index in [9.17, 15) is 0 Å². The molecule has 0 aromatic heterocycles. The summed E-state index contributed by atoms with van der Waals surface area (Å²) in [4.78, 5) is 0. The fourth-order valence-corrected chi connectivity index (χ4v) is 2.89. The molecule has 2 rings (SSSR count). The number of hydrogen-bond acceptors (Lipinski definition) is 3. The van der Waals surface area contributed by atoms with Crippen LogP contribution in [0, 0.1) is 0 Å². The molecule has 0 aliphatic heterocycles. The molecule has 3 heteroatoms. The van der Waals surface area contributed by atoms with E-state index in [1.807, 2.05) is 23.9 Å². The lowest BCUT2D eigenvalue weighted by molar-refractivity contribution is 0.133. The van der Waals surface area contributed by atoms with Crippen molar-refractivity contribution in [2.24, 2.45) is 0 Å². The Hall–Kier alpha value is -1.81. The van der Waals surface area contributed by atoms with Crippen LogP contribution in [0.5, 0.6) is 0 Å². The molecule has 0 radical (unpaired) electrons. The highest BCUT2D eigenvalue weighted by Gasteiger charge is 1.96. The SMILES string of the molecule is C=Cc1ccc(COCCSCCOCc2ccc(C=C)cc2)cc1. The smallest absolute Gasteiger partial charge is 0.0717 e. The third kappa shape index (κ3) is 7.74. The van der Waals surface area contributed by atoms with Crippen LogP contribution in [0.2, 0.25) is 0 Å². The fourth-order valence-electron chi connectivity index (χ4n) is 2.22. The highest BCUT2D eigenvalue weighted by Crippen LogP contribution is 2.09. The average Bonchev–Trinajstić information content (AvgIpc) is 2.67. The van der Waals surface area contributed by atoms with E-state index in [0.717, 1.165) is 35.8 Å². The van der Waals surface area contributed by atoms with Crippen LogP contribution in [0.3, 0.4) is 0 Å². The Morgan fingerprint density at radius 2 is 1.08 bits per heavy atom. The molecule has 2 aromatic rings. The van der Waals surface area contributed by atoms with Crippen molar-refractivity contribution in [1.82, 2.24) is 0 Å². The van der Waals surface area contributed by atoms with Crippen LogP contribution in [0.25, 0.3) is 12.2 Å². The van der Waals surface area contributed by atoms with Crippen molar-refractivity contribution in [1.29, 1.82) is 0 Å². The second kappa shape index (κ2) is 11.7. The molecule has 2 aromatic carbocycles. The Balaban J connectivity index is 1.46. The van der Waals surface area contributed by atoms with Crippen LogP contribution >= 0.6 is 11.8 Å². The summed E-state index contributed by atoms with van der Waals surface area (Å²) in [5.74, 6) is 1.98. The minimum atomic E-state index is 0.662. The zero-order valence-electron chi connectivity index (χ0n) is 14.7. The summed E-state index contributed by atoms with van der Waals surface area (Å²) in [5, 5.41) is 0. The van der Waals surface area contributed by atoms with Gasteiger partial charge in [0.2, 0.25) is 0 Å². The molecule has 0 heterocycles. The van der Waals surface area contributed by atoms with Crippen molar-refractivity contribution in [3.63, 3.8) is 0 Å². The first kappa shape index (κ1) is 19.5. The van der Waals surface area contributed by atoms with Crippen LogP contribution in [0.1, 0.15) is 22.3 Å². The van der Waals surface area contributed by atoms with Gasteiger partial charge in [0.15, 0.2) is 0 Å². The van der Waals surface area contributed by atoms with E-state index in [0.29, 0.717) is 13.2 Å². The van der Waals surface area contributed by atoms with Crippen LogP contribution < -0.4 is 0 Å². The maximum atomic E-state index is 5.70. The molecule has 0 saturated heterocycles. The van der Waals surface area contributed by atoms with Crippen molar-refractivity contribution in [3.8, 4) is 0 Å². The molecule has 0 N–H and O–H groups in total. The van der Waals surface area contributed by atoms with Crippen LogP contribution in [0.4, 0.5) is 0 Å². The predicted molar refractivity (Wildman–Crippen MR) is 110 cm³/mol. The molecule has 0 amide bonds. The highest BCUT2D eigenvalue weighted by atomic mass is 32.2. The molecule has 0 unspecified atom stereocenters.